The van der Waals surface area contributed by atoms with E-state index in [2.05, 4.69) is 25.9 Å². The molecule has 0 bridgehead atoms. The fourth-order valence-electron chi connectivity index (χ4n) is 3.57. The van der Waals surface area contributed by atoms with Crippen LogP contribution in [0.25, 0.3) is 0 Å². The number of halogens is 4. The van der Waals surface area contributed by atoms with Crippen LogP contribution in [0.4, 0.5) is 24.5 Å². The molecule has 3 heterocycles. The molecule has 10 nitrogen and oxygen atoms in total. The van der Waals surface area contributed by atoms with Crippen molar-refractivity contribution in [3.8, 4) is 0 Å². The van der Waals surface area contributed by atoms with Crippen molar-refractivity contribution in [3.63, 3.8) is 0 Å². The highest BCUT2D eigenvalue weighted by molar-refractivity contribution is 6.32. The normalized spacial score (nSPS) is 13.9. The summed E-state index contributed by atoms with van der Waals surface area (Å²) in [5, 5.41) is 16.6. The molecular formula is C20H22ClF3N8O2. The number of carbonyl (C=O) groups excluding carboxylic acids is 2. The van der Waals surface area contributed by atoms with Crippen LogP contribution in [-0.2, 0) is 31.6 Å². The van der Waals surface area contributed by atoms with Crippen LogP contribution >= 0.6 is 11.6 Å². The topological polar surface area (TPSA) is 112 Å². The van der Waals surface area contributed by atoms with Gasteiger partial charge in [-0.05, 0) is 19.8 Å². The van der Waals surface area contributed by atoms with E-state index in [-0.39, 0.29) is 30.3 Å². The number of nitrogens with one attached hydrogen (secondary N) is 2. The van der Waals surface area contributed by atoms with Crippen molar-refractivity contribution in [2.45, 2.75) is 44.8 Å². The molecule has 1 saturated carbocycles. The second-order valence-corrected chi connectivity index (χ2v) is 8.47. The van der Waals surface area contributed by atoms with E-state index in [0.717, 1.165) is 23.2 Å². The molecular weight excluding hydrogens is 477 g/mol. The summed E-state index contributed by atoms with van der Waals surface area (Å²) < 4.78 is 43.7. The molecule has 3 aromatic rings. The third kappa shape index (κ3) is 4.65. The zero-order chi connectivity index (χ0) is 24.8. The van der Waals surface area contributed by atoms with Crippen LogP contribution in [0.1, 0.15) is 52.8 Å². The van der Waals surface area contributed by atoms with Gasteiger partial charge in [-0.1, -0.05) is 11.6 Å². The fraction of sp³-hybridized carbons (Fsp3) is 0.450. The first-order valence-electron chi connectivity index (χ1n) is 10.4. The van der Waals surface area contributed by atoms with Gasteiger partial charge in [0, 0.05) is 26.4 Å². The molecule has 1 fully saturated rings. The van der Waals surface area contributed by atoms with Gasteiger partial charge in [0.2, 0.25) is 5.91 Å². The Bertz CT molecular complexity index is 1260. The Morgan fingerprint density at radius 3 is 2.35 bits per heavy atom. The molecule has 182 valence electrons. The highest BCUT2D eigenvalue weighted by atomic mass is 35.5. The van der Waals surface area contributed by atoms with Crippen molar-refractivity contribution in [3.05, 3.63) is 40.2 Å². The average molecular weight is 499 g/mol. The number of aromatic nitrogens is 6. The lowest BCUT2D eigenvalue weighted by molar-refractivity contribution is -0.141. The van der Waals surface area contributed by atoms with Gasteiger partial charge in [0.1, 0.15) is 5.69 Å². The minimum absolute atomic E-state index is 0.0931. The van der Waals surface area contributed by atoms with Gasteiger partial charge in [0.15, 0.2) is 5.69 Å². The predicted octanol–water partition coefficient (Wildman–Crippen LogP) is 3.49. The fourth-order valence-corrected chi connectivity index (χ4v) is 3.97. The summed E-state index contributed by atoms with van der Waals surface area (Å²) in [4.78, 5) is 25.4. The van der Waals surface area contributed by atoms with Crippen molar-refractivity contribution in [1.29, 1.82) is 0 Å². The maximum Gasteiger partial charge on any atom is 0.436 e. The van der Waals surface area contributed by atoms with Gasteiger partial charge in [-0.2, -0.15) is 28.5 Å². The molecule has 14 heteroatoms. The number of alkyl halides is 3. The quantitative estimate of drug-likeness (QED) is 0.518. The molecule has 0 spiro atoms. The number of hydrogen-bond acceptors (Lipinski definition) is 5. The van der Waals surface area contributed by atoms with Crippen LogP contribution in [0.3, 0.4) is 0 Å². The molecule has 3 aromatic heterocycles. The molecule has 2 amide bonds. The summed E-state index contributed by atoms with van der Waals surface area (Å²) in [6, 6.07) is 0. The zero-order valence-electron chi connectivity index (χ0n) is 18.6. The predicted molar refractivity (Wildman–Crippen MR) is 117 cm³/mol. The summed E-state index contributed by atoms with van der Waals surface area (Å²) in [6.45, 7) is 1.69. The Morgan fingerprint density at radius 1 is 1.12 bits per heavy atom. The average Bonchev–Trinajstić information content (AvgIpc) is 3.34. The number of anilines is 2. The number of carbonyl (C=O) groups is 2. The second kappa shape index (κ2) is 8.78. The van der Waals surface area contributed by atoms with E-state index in [9.17, 15) is 22.8 Å². The summed E-state index contributed by atoms with van der Waals surface area (Å²) in [7, 11) is 3.28. The van der Waals surface area contributed by atoms with E-state index < -0.39 is 28.7 Å². The minimum Gasteiger partial charge on any atom is -0.323 e. The number of amides is 2. The smallest absolute Gasteiger partial charge is 0.323 e. The molecule has 1 aliphatic carbocycles. The first-order chi connectivity index (χ1) is 16.0. The Balaban J connectivity index is 1.46. The van der Waals surface area contributed by atoms with Gasteiger partial charge in [0.25, 0.3) is 5.91 Å². The van der Waals surface area contributed by atoms with Crippen LogP contribution in [0.2, 0.25) is 5.02 Å². The van der Waals surface area contributed by atoms with Crippen LogP contribution in [0.5, 0.6) is 0 Å². The highest BCUT2D eigenvalue weighted by Gasteiger charge is 2.42. The maximum atomic E-state index is 13.2. The van der Waals surface area contributed by atoms with Gasteiger partial charge in [-0.15, -0.1) is 0 Å². The summed E-state index contributed by atoms with van der Waals surface area (Å²) in [5.74, 6) is -1.11. The van der Waals surface area contributed by atoms with Crippen molar-refractivity contribution in [2.24, 2.45) is 14.1 Å². The van der Waals surface area contributed by atoms with E-state index in [1.807, 2.05) is 0 Å². The highest BCUT2D eigenvalue weighted by Crippen LogP contribution is 2.46. The molecule has 2 N–H and O–H groups in total. The first kappa shape index (κ1) is 23.8. The van der Waals surface area contributed by atoms with Crippen molar-refractivity contribution >= 4 is 34.8 Å². The van der Waals surface area contributed by atoms with Gasteiger partial charge < -0.3 is 10.6 Å². The molecule has 0 atom stereocenters. The summed E-state index contributed by atoms with van der Waals surface area (Å²) in [6.07, 6.45) is -0.584. The SMILES string of the molecule is Cc1c(NC(=O)c2c(NC(=O)CCn3nc(C(F)(F)F)c(Cl)c3C3CC3)cnn2C)cnn1C. The number of hydrogen-bond donors (Lipinski definition) is 2. The van der Waals surface area contributed by atoms with Gasteiger partial charge >= 0.3 is 6.18 Å². The lowest BCUT2D eigenvalue weighted by atomic mass is 10.2. The van der Waals surface area contributed by atoms with Crippen LogP contribution in [-0.4, -0.2) is 41.2 Å². The molecule has 4 rings (SSSR count). The maximum absolute atomic E-state index is 13.2. The van der Waals surface area contributed by atoms with E-state index in [1.165, 1.54) is 17.1 Å². The van der Waals surface area contributed by atoms with Crippen molar-refractivity contribution < 1.29 is 22.8 Å². The lowest BCUT2D eigenvalue weighted by Crippen LogP contribution is -2.21. The molecule has 0 aliphatic heterocycles. The van der Waals surface area contributed by atoms with E-state index >= 15 is 0 Å². The molecule has 34 heavy (non-hydrogen) atoms. The lowest BCUT2D eigenvalue weighted by Gasteiger charge is -2.10. The van der Waals surface area contributed by atoms with Gasteiger partial charge in [-0.25, -0.2) is 0 Å². The molecule has 0 unspecified atom stereocenters. The number of nitrogens with zero attached hydrogens (tertiary/aromatic N) is 6. The third-order valence-corrected chi connectivity index (χ3v) is 6.00. The summed E-state index contributed by atoms with van der Waals surface area (Å²) >= 11 is 5.97. The minimum atomic E-state index is -4.68. The van der Waals surface area contributed by atoms with Crippen LogP contribution in [0.15, 0.2) is 12.4 Å². The Hall–Kier alpha value is -3.35. The molecule has 0 radical (unpaired) electrons. The summed E-state index contributed by atoms with van der Waals surface area (Å²) in [5.41, 5.74) is 0.682. The Morgan fingerprint density at radius 2 is 1.76 bits per heavy atom. The molecule has 0 saturated heterocycles. The molecule has 0 aromatic carbocycles. The van der Waals surface area contributed by atoms with Gasteiger partial charge in [-0.3, -0.25) is 23.6 Å². The monoisotopic (exact) mass is 498 g/mol. The number of aryl methyl sites for hydroxylation is 3. The molecule has 1 aliphatic rings. The van der Waals surface area contributed by atoms with E-state index in [0.29, 0.717) is 11.4 Å². The number of rotatable bonds is 7. The Labute approximate surface area is 197 Å². The largest absolute Gasteiger partial charge is 0.436 e. The second-order valence-electron chi connectivity index (χ2n) is 8.09. The van der Waals surface area contributed by atoms with E-state index in [4.69, 9.17) is 11.6 Å². The van der Waals surface area contributed by atoms with Crippen LogP contribution < -0.4 is 10.6 Å². The van der Waals surface area contributed by atoms with Gasteiger partial charge in [0.05, 0.1) is 46.7 Å². The zero-order valence-corrected chi connectivity index (χ0v) is 19.3. The van der Waals surface area contributed by atoms with Crippen LogP contribution in [0, 0.1) is 6.92 Å². The standard InChI is InChI=1S/C20H22ClF3N8O2/c1-10-12(8-25-30(10)2)28-19(34)17-13(9-26-31(17)3)27-14(33)6-7-32-16(11-4-5-11)15(21)18(29-32)20(22,23)24/h8-9,11H,4-7H2,1-3H3,(H,27,33)(H,28,34). The first-order valence-corrected chi connectivity index (χ1v) is 10.8. The van der Waals surface area contributed by atoms with Crippen molar-refractivity contribution in [2.75, 3.05) is 10.6 Å². The third-order valence-electron chi connectivity index (χ3n) is 5.63. The van der Waals surface area contributed by atoms with E-state index in [1.54, 1.807) is 25.7 Å². The Kier molecular flexibility index (Phi) is 6.14. The van der Waals surface area contributed by atoms with Crippen molar-refractivity contribution in [1.82, 2.24) is 29.3 Å².